The van der Waals surface area contributed by atoms with E-state index in [0.717, 1.165) is 19.4 Å². The molecule has 0 bridgehead atoms. The van der Waals surface area contributed by atoms with E-state index < -0.39 is 0 Å². The van der Waals surface area contributed by atoms with Gasteiger partial charge in [0.05, 0.1) is 0 Å². The number of hydrogen-bond acceptors (Lipinski definition) is 1. The largest absolute Gasteiger partial charge is 0.330 e. The van der Waals surface area contributed by atoms with E-state index in [9.17, 15) is 0 Å². The first-order valence-electron chi connectivity index (χ1n) is 4.84. The summed E-state index contributed by atoms with van der Waals surface area (Å²) in [6.45, 7) is 0.798. The second-order valence-electron chi connectivity index (χ2n) is 3.12. The van der Waals surface area contributed by atoms with Crippen molar-refractivity contribution in [3.63, 3.8) is 0 Å². The molecule has 1 aliphatic carbocycles. The average molecular weight is 175 g/mol. The van der Waals surface area contributed by atoms with Crippen LogP contribution in [-0.4, -0.2) is 6.54 Å². The van der Waals surface area contributed by atoms with Crippen LogP contribution in [0.25, 0.3) is 0 Å². The van der Waals surface area contributed by atoms with Gasteiger partial charge in [0.1, 0.15) is 0 Å². The molecule has 0 heterocycles. The summed E-state index contributed by atoms with van der Waals surface area (Å²) in [7, 11) is 0. The molecular weight excluding hydrogens is 158 g/mol. The minimum absolute atomic E-state index is 0.798. The molecule has 1 aliphatic rings. The van der Waals surface area contributed by atoms with Crippen molar-refractivity contribution in [2.24, 2.45) is 5.73 Å². The Balaban J connectivity index is 2.39. The Morgan fingerprint density at radius 1 is 0.923 bits per heavy atom. The third kappa shape index (κ3) is 4.48. The smallest absolute Gasteiger partial charge is 0.00772 e. The fraction of sp³-hybridized carbons (Fsp3) is 0.333. The Bertz CT molecular complexity index is 244. The quantitative estimate of drug-likeness (QED) is 0.653. The normalized spacial score (nSPS) is 26.7. The summed E-state index contributed by atoms with van der Waals surface area (Å²) in [5.41, 5.74) is 6.82. The van der Waals surface area contributed by atoms with Gasteiger partial charge in [0.15, 0.2) is 0 Å². The van der Waals surface area contributed by atoms with Crippen LogP contribution in [0.1, 0.15) is 19.3 Å². The van der Waals surface area contributed by atoms with Crippen molar-refractivity contribution in [1.29, 1.82) is 0 Å². The summed E-state index contributed by atoms with van der Waals surface area (Å²) < 4.78 is 0. The van der Waals surface area contributed by atoms with Gasteiger partial charge in [0.2, 0.25) is 0 Å². The molecule has 0 amide bonds. The van der Waals surface area contributed by atoms with Crippen molar-refractivity contribution in [2.45, 2.75) is 19.3 Å². The molecule has 0 aromatic carbocycles. The van der Waals surface area contributed by atoms with Crippen LogP contribution in [0.4, 0.5) is 0 Å². The molecule has 2 N–H and O–H groups in total. The van der Waals surface area contributed by atoms with Gasteiger partial charge in [-0.15, -0.1) is 0 Å². The van der Waals surface area contributed by atoms with E-state index in [1.54, 1.807) is 0 Å². The lowest BCUT2D eigenvalue weighted by molar-refractivity contribution is 0.747. The van der Waals surface area contributed by atoms with Gasteiger partial charge in [0, 0.05) is 0 Å². The molecule has 0 aromatic rings. The van der Waals surface area contributed by atoms with Gasteiger partial charge < -0.3 is 5.73 Å². The van der Waals surface area contributed by atoms with Crippen molar-refractivity contribution in [3.8, 4) is 0 Å². The maximum absolute atomic E-state index is 5.44. The Morgan fingerprint density at radius 3 is 2.54 bits per heavy atom. The van der Waals surface area contributed by atoms with E-state index in [1.807, 2.05) is 18.2 Å². The van der Waals surface area contributed by atoms with Gasteiger partial charge in [-0.05, 0) is 31.4 Å². The summed E-state index contributed by atoms with van der Waals surface area (Å²) in [6.07, 6.45) is 18.0. The molecule has 0 unspecified atom stereocenters. The fourth-order valence-corrected chi connectivity index (χ4v) is 1.25. The van der Waals surface area contributed by atoms with Crippen molar-refractivity contribution in [3.05, 3.63) is 48.1 Å². The molecule has 1 heteroatoms. The SMILES string of the molecule is NCCCCC1=C/C=C\C=C/C=C\1. The molecule has 0 fully saturated rings. The number of nitrogens with two attached hydrogens (primary N) is 1. The van der Waals surface area contributed by atoms with E-state index in [4.69, 9.17) is 5.73 Å². The maximum Gasteiger partial charge on any atom is -0.00772 e. The van der Waals surface area contributed by atoms with Crippen molar-refractivity contribution < 1.29 is 0 Å². The Kier molecular flexibility index (Phi) is 4.95. The molecule has 0 spiro atoms. The van der Waals surface area contributed by atoms with Gasteiger partial charge in [-0.2, -0.15) is 0 Å². The van der Waals surface area contributed by atoms with Gasteiger partial charge in [-0.3, -0.25) is 0 Å². The van der Waals surface area contributed by atoms with Crippen LogP contribution in [0.3, 0.4) is 0 Å². The number of hydrogen-bond donors (Lipinski definition) is 1. The molecule has 0 aromatic heterocycles. The summed E-state index contributed by atoms with van der Waals surface area (Å²) in [5.74, 6) is 0. The molecule has 0 atom stereocenters. The zero-order chi connectivity index (χ0) is 9.36. The van der Waals surface area contributed by atoms with Gasteiger partial charge in [-0.25, -0.2) is 0 Å². The van der Waals surface area contributed by atoms with Gasteiger partial charge in [0.25, 0.3) is 0 Å². The van der Waals surface area contributed by atoms with E-state index in [1.165, 1.54) is 12.0 Å². The molecule has 1 rings (SSSR count). The van der Waals surface area contributed by atoms with Crippen molar-refractivity contribution in [1.82, 2.24) is 0 Å². The highest BCUT2D eigenvalue weighted by molar-refractivity contribution is 5.30. The van der Waals surface area contributed by atoms with Gasteiger partial charge >= 0.3 is 0 Å². The van der Waals surface area contributed by atoms with Gasteiger partial charge in [-0.1, -0.05) is 42.5 Å². The highest BCUT2D eigenvalue weighted by Crippen LogP contribution is 2.10. The number of allylic oxidation sites excluding steroid dienone is 8. The molecule has 0 aliphatic heterocycles. The lowest BCUT2D eigenvalue weighted by atomic mass is 10.1. The predicted molar refractivity (Wildman–Crippen MR) is 58.4 cm³/mol. The molecule has 13 heavy (non-hydrogen) atoms. The third-order valence-electron chi connectivity index (χ3n) is 1.98. The summed E-state index contributed by atoms with van der Waals surface area (Å²) >= 11 is 0. The molecule has 0 saturated carbocycles. The lowest BCUT2D eigenvalue weighted by Gasteiger charge is -2.00. The Hall–Kier alpha value is -1.08. The van der Waals surface area contributed by atoms with E-state index in [-0.39, 0.29) is 0 Å². The second-order valence-corrected chi connectivity index (χ2v) is 3.12. The Morgan fingerprint density at radius 2 is 1.69 bits per heavy atom. The summed E-state index contributed by atoms with van der Waals surface area (Å²) in [5, 5.41) is 0. The fourth-order valence-electron chi connectivity index (χ4n) is 1.25. The first-order valence-corrected chi connectivity index (χ1v) is 4.84. The minimum Gasteiger partial charge on any atom is -0.330 e. The van der Waals surface area contributed by atoms with E-state index in [2.05, 4.69) is 24.3 Å². The molecule has 0 saturated heterocycles. The number of rotatable bonds is 4. The van der Waals surface area contributed by atoms with Crippen molar-refractivity contribution >= 4 is 0 Å². The minimum atomic E-state index is 0.798. The van der Waals surface area contributed by atoms with Crippen LogP contribution in [0.2, 0.25) is 0 Å². The van der Waals surface area contributed by atoms with Crippen LogP contribution in [-0.2, 0) is 0 Å². The lowest BCUT2D eigenvalue weighted by Crippen LogP contribution is -1.97. The Labute approximate surface area is 80.3 Å². The monoisotopic (exact) mass is 175 g/mol. The van der Waals surface area contributed by atoms with Crippen molar-refractivity contribution in [2.75, 3.05) is 6.54 Å². The maximum atomic E-state index is 5.44. The standard InChI is InChI=1S/C12H17N/c13-11-7-6-10-12-8-4-2-1-3-5-9-12/h1-5,8-9H,6-7,10-11,13H2/b2-1-,3-1?,4-2?,5-3-,8-4-,9-5?,12-8?,12-9+. The molecule has 0 radical (unpaired) electrons. The molecular formula is C12H17N. The third-order valence-corrected chi connectivity index (χ3v) is 1.98. The van der Waals surface area contributed by atoms with Crippen LogP contribution >= 0.6 is 0 Å². The zero-order valence-electron chi connectivity index (χ0n) is 7.95. The highest BCUT2D eigenvalue weighted by Gasteiger charge is 1.91. The first kappa shape index (κ1) is 10.0. The average Bonchev–Trinajstić information content (AvgIpc) is 2.08. The second kappa shape index (κ2) is 6.44. The van der Waals surface area contributed by atoms with Crippen LogP contribution in [0.5, 0.6) is 0 Å². The molecule has 70 valence electrons. The topological polar surface area (TPSA) is 26.0 Å². The van der Waals surface area contributed by atoms with Crippen LogP contribution in [0, 0.1) is 0 Å². The van der Waals surface area contributed by atoms with Crippen LogP contribution in [0.15, 0.2) is 48.1 Å². The van der Waals surface area contributed by atoms with E-state index in [0.29, 0.717) is 0 Å². The van der Waals surface area contributed by atoms with E-state index >= 15 is 0 Å². The zero-order valence-corrected chi connectivity index (χ0v) is 7.95. The molecule has 1 nitrogen and oxygen atoms in total. The predicted octanol–water partition coefficient (Wildman–Crippen LogP) is 2.72. The summed E-state index contributed by atoms with van der Waals surface area (Å²) in [4.78, 5) is 0. The first-order chi connectivity index (χ1) is 6.43. The summed E-state index contributed by atoms with van der Waals surface area (Å²) in [6, 6.07) is 0. The van der Waals surface area contributed by atoms with Crippen LogP contribution < -0.4 is 5.73 Å². The highest BCUT2D eigenvalue weighted by atomic mass is 14.5. The number of unbranched alkanes of at least 4 members (excludes halogenated alkanes) is 1.